The van der Waals surface area contributed by atoms with Gasteiger partial charge in [-0.3, -0.25) is 4.90 Å². The third-order valence-corrected chi connectivity index (χ3v) is 4.26. The number of halogens is 4. The number of hydrogen-bond donors (Lipinski definition) is 2. The van der Waals surface area contributed by atoms with Crippen molar-refractivity contribution >= 4 is 28.3 Å². The number of piperazine rings is 1. The smallest absolute Gasteiger partial charge is 0.289 e. The quantitative estimate of drug-likeness (QED) is 0.836. The van der Waals surface area contributed by atoms with Crippen molar-refractivity contribution in [2.75, 3.05) is 32.8 Å². The molecule has 21 heavy (non-hydrogen) atoms. The van der Waals surface area contributed by atoms with Gasteiger partial charge in [0.1, 0.15) is 12.6 Å². The Hall–Kier alpha value is -0.270. The Morgan fingerprint density at radius 3 is 2.52 bits per heavy atom. The van der Waals surface area contributed by atoms with E-state index in [0.29, 0.717) is 36.2 Å². The van der Waals surface area contributed by atoms with Gasteiger partial charge in [0, 0.05) is 30.7 Å². The van der Waals surface area contributed by atoms with Crippen molar-refractivity contribution in [1.29, 1.82) is 0 Å². The zero-order valence-corrected chi connectivity index (χ0v) is 14.2. The van der Waals surface area contributed by atoms with E-state index in [1.165, 1.54) is 0 Å². The third kappa shape index (κ3) is 4.36. The number of nitrogens with zero attached hydrogens (tertiary/aromatic N) is 1. The molecule has 1 aliphatic heterocycles. The van der Waals surface area contributed by atoms with Gasteiger partial charge in [-0.05, 0) is 24.1 Å². The van der Waals surface area contributed by atoms with Crippen LogP contribution in [0.5, 0.6) is 0 Å². The molecule has 1 aliphatic rings. The number of aliphatic hydroxyl groups excluding tert-OH is 1. The SMILES string of the molecule is Cc1ccc([C@@H](N2CCNCC2)C(F)(F)CO)c(Br)c1.Cl. The molecule has 2 rings (SSSR count). The molecular formula is C14H20BrClF2N2O. The van der Waals surface area contributed by atoms with Gasteiger partial charge in [-0.1, -0.05) is 28.1 Å². The fourth-order valence-electron chi connectivity index (χ4n) is 2.57. The summed E-state index contributed by atoms with van der Waals surface area (Å²) >= 11 is 3.38. The lowest BCUT2D eigenvalue weighted by Gasteiger charge is -2.39. The summed E-state index contributed by atoms with van der Waals surface area (Å²) in [5.74, 6) is -3.17. The maximum Gasteiger partial charge on any atom is 0.289 e. The topological polar surface area (TPSA) is 35.5 Å². The largest absolute Gasteiger partial charge is 0.390 e. The van der Waals surface area contributed by atoms with Crippen molar-refractivity contribution in [3.05, 3.63) is 33.8 Å². The Bertz CT molecular complexity index is 470. The molecule has 1 aromatic carbocycles. The van der Waals surface area contributed by atoms with Crippen LogP contribution in [0.25, 0.3) is 0 Å². The second-order valence-electron chi connectivity index (χ2n) is 5.13. The van der Waals surface area contributed by atoms with Crippen LogP contribution in [-0.2, 0) is 0 Å². The first kappa shape index (κ1) is 18.8. The molecule has 1 atom stereocenters. The van der Waals surface area contributed by atoms with Crippen LogP contribution >= 0.6 is 28.3 Å². The van der Waals surface area contributed by atoms with E-state index >= 15 is 0 Å². The fourth-order valence-corrected chi connectivity index (χ4v) is 3.28. The minimum atomic E-state index is -3.17. The Morgan fingerprint density at radius 1 is 1.38 bits per heavy atom. The van der Waals surface area contributed by atoms with Gasteiger partial charge in [0.2, 0.25) is 0 Å². The Morgan fingerprint density at radius 2 is 2.00 bits per heavy atom. The molecule has 7 heteroatoms. The summed E-state index contributed by atoms with van der Waals surface area (Å²) in [6.07, 6.45) is 0. The predicted octanol–water partition coefficient (Wildman–Crippen LogP) is 2.75. The first-order chi connectivity index (χ1) is 9.45. The summed E-state index contributed by atoms with van der Waals surface area (Å²) < 4.78 is 29.1. The third-order valence-electron chi connectivity index (χ3n) is 3.58. The average molecular weight is 386 g/mol. The van der Waals surface area contributed by atoms with Crippen LogP contribution in [0, 0.1) is 6.92 Å². The number of benzene rings is 1. The van der Waals surface area contributed by atoms with Crippen molar-refractivity contribution in [3.63, 3.8) is 0 Å². The lowest BCUT2D eigenvalue weighted by atomic mass is 9.97. The molecule has 0 radical (unpaired) electrons. The predicted molar refractivity (Wildman–Crippen MR) is 85.3 cm³/mol. The van der Waals surface area contributed by atoms with E-state index in [4.69, 9.17) is 5.11 Å². The highest BCUT2D eigenvalue weighted by atomic mass is 79.9. The highest BCUT2D eigenvalue weighted by Gasteiger charge is 2.44. The summed E-state index contributed by atoms with van der Waals surface area (Å²) in [5, 5.41) is 12.2. The molecule has 0 amide bonds. The molecule has 1 saturated heterocycles. The highest BCUT2D eigenvalue weighted by Crippen LogP contribution is 2.39. The van der Waals surface area contributed by atoms with Crippen LogP contribution in [0.1, 0.15) is 17.2 Å². The monoisotopic (exact) mass is 384 g/mol. The first-order valence-corrected chi connectivity index (χ1v) is 7.44. The number of aryl methyl sites for hydroxylation is 1. The number of hydrogen-bond acceptors (Lipinski definition) is 3. The summed E-state index contributed by atoms with van der Waals surface area (Å²) in [6, 6.07) is 4.26. The molecule has 2 N–H and O–H groups in total. The van der Waals surface area contributed by atoms with Crippen LogP contribution in [0.15, 0.2) is 22.7 Å². The lowest BCUT2D eigenvalue weighted by Crippen LogP contribution is -2.51. The van der Waals surface area contributed by atoms with Crippen molar-refractivity contribution < 1.29 is 13.9 Å². The average Bonchev–Trinajstić information content (AvgIpc) is 2.43. The van der Waals surface area contributed by atoms with E-state index in [0.717, 1.165) is 5.56 Å². The number of aliphatic hydroxyl groups is 1. The minimum absolute atomic E-state index is 0. The van der Waals surface area contributed by atoms with Crippen molar-refractivity contribution in [3.8, 4) is 0 Å². The molecule has 0 aromatic heterocycles. The van der Waals surface area contributed by atoms with Crippen LogP contribution in [0.3, 0.4) is 0 Å². The Labute approximate surface area is 138 Å². The Balaban J connectivity index is 0.00000220. The fraction of sp³-hybridized carbons (Fsp3) is 0.571. The zero-order valence-electron chi connectivity index (χ0n) is 11.8. The Kier molecular flexibility index (Phi) is 7.00. The van der Waals surface area contributed by atoms with Gasteiger partial charge < -0.3 is 10.4 Å². The van der Waals surface area contributed by atoms with Gasteiger partial charge in [0.05, 0.1) is 0 Å². The molecule has 0 saturated carbocycles. The second-order valence-corrected chi connectivity index (χ2v) is 5.99. The van der Waals surface area contributed by atoms with E-state index in [1.807, 2.05) is 19.1 Å². The van der Waals surface area contributed by atoms with E-state index in [1.54, 1.807) is 11.0 Å². The van der Waals surface area contributed by atoms with Crippen molar-refractivity contribution in [1.82, 2.24) is 10.2 Å². The molecule has 0 spiro atoms. The van der Waals surface area contributed by atoms with Crippen LogP contribution in [0.4, 0.5) is 8.78 Å². The molecule has 0 aliphatic carbocycles. The van der Waals surface area contributed by atoms with Crippen molar-refractivity contribution in [2.24, 2.45) is 0 Å². The molecule has 1 fully saturated rings. The molecular weight excluding hydrogens is 366 g/mol. The van der Waals surface area contributed by atoms with Gasteiger partial charge in [0.25, 0.3) is 5.92 Å². The molecule has 120 valence electrons. The van der Waals surface area contributed by atoms with Gasteiger partial charge in [-0.15, -0.1) is 12.4 Å². The van der Waals surface area contributed by atoms with Crippen molar-refractivity contribution in [2.45, 2.75) is 18.9 Å². The van der Waals surface area contributed by atoms with E-state index in [-0.39, 0.29) is 12.4 Å². The standard InChI is InChI=1S/C14H19BrF2N2O.ClH/c1-10-2-3-11(12(15)8-10)13(14(16,17)9-20)19-6-4-18-5-7-19;/h2-3,8,13,18,20H,4-7,9H2,1H3;1H/t13-;/m1./s1. The van der Waals surface area contributed by atoms with Crippen LogP contribution in [-0.4, -0.2) is 48.7 Å². The van der Waals surface area contributed by atoms with Gasteiger partial charge >= 0.3 is 0 Å². The maximum absolute atomic E-state index is 14.2. The summed E-state index contributed by atoms with van der Waals surface area (Å²) in [6.45, 7) is 3.21. The lowest BCUT2D eigenvalue weighted by molar-refractivity contribution is -0.118. The number of nitrogens with one attached hydrogen (secondary N) is 1. The van der Waals surface area contributed by atoms with Crippen LogP contribution in [0.2, 0.25) is 0 Å². The second kappa shape index (κ2) is 7.83. The molecule has 3 nitrogen and oxygen atoms in total. The van der Waals surface area contributed by atoms with Gasteiger partial charge in [-0.25, -0.2) is 8.78 Å². The van der Waals surface area contributed by atoms with E-state index in [9.17, 15) is 8.78 Å². The normalized spacial score (nSPS) is 18.1. The number of alkyl halides is 2. The molecule has 0 unspecified atom stereocenters. The van der Waals surface area contributed by atoms with Crippen LogP contribution < -0.4 is 5.32 Å². The van der Waals surface area contributed by atoms with E-state index in [2.05, 4.69) is 21.2 Å². The maximum atomic E-state index is 14.2. The first-order valence-electron chi connectivity index (χ1n) is 6.65. The zero-order chi connectivity index (χ0) is 14.8. The summed E-state index contributed by atoms with van der Waals surface area (Å²) in [5.41, 5.74) is 1.53. The highest BCUT2D eigenvalue weighted by molar-refractivity contribution is 9.10. The summed E-state index contributed by atoms with van der Waals surface area (Å²) in [7, 11) is 0. The molecule has 1 heterocycles. The minimum Gasteiger partial charge on any atom is -0.390 e. The summed E-state index contributed by atoms with van der Waals surface area (Å²) in [4.78, 5) is 1.74. The molecule has 1 aromatic rings. The van der Waals surface area contributed by atoms with Gasteiger partial charge in [0.15, 0.2) is 0 Å². The van der Waals surface area contributed by atoms with Gasteiger partial charge in [-0.2, -0.15) is 0 Å². The van der Waals surface area contributed by atoms with E-state index < -0.39 is 18.6 Å². The number of rotatable bonds is 4. The molecule has 0 bridgehead atoms.